The topological polar surface area (TPSA) is 42.0 Å². The highest BCUT2D eigenvalue weighted by molar-refractivity contribution is 6.74. The van der Waals surface area contributed by atoms with Gasteiger partial charge < -0.3 is 19.0 Å². The molecule has 0 aromatic heterocycles. The van der Waals surface area contributed by atoms with Crippen LogP contribution in [0.5, 0.6) is 0 Å². The Kier molecular flexibility index (Phi) is 8.62. The molecule has 0 N–H and O–H groups in total. The summed E-state index contributed by atoms with van der Waals surface area (Å²) in [5.41, 5.74) is -0.468. The van der Waals surface area contributed by atoms with E-state index in [9.17, 15) is 4.79 Å². The number of ether oxygens (including phenoxy) is 1. The van der Waals surface area contributed by atoms with Crippen LogP contribution in [0.2, 0.25) is 18.1 Å². The van der Waals surface area contributed by atoms with Crippen molar-refractivity contribution in [2.45, 2.75) is 84.5 Å². The van der Waals surface area contributed by atoms with Gasteiger partial charge in [-0.25, -0.2) is 4.79 Å². The molecule has 0 aliphatic carbocycles. The lowest BCUT2D eigenvalue weighted by molar-refractivity contribution is 0.0216. The van der Waals surface area contributed by atoms with Gasteiger partial charge in [-0.15, -0.1) is 0 Å². The van der Waals surface area contributed by atoms with Gasteiger partial charge in [0.15, 0.2) is 8.32 Å². The molecule has 1 heterocycles. The molecule has 1 saturated heterocycles. The first kappa shape index (κ1) is 23.4. The summed E-state index contributed by atoms with van der Waals surface area (Å²) in [6.45, 7) is 22.3. The molecule has 1 amide bonds. The number of amides is 1. The molecule has 1 fully saturated rings. The second-order valence-electron chi connectivity index (χ2n) is 9.98. The Hall–Kier alpha value is -0.593. The lowest BCUT2D eigenvalue weighted by atomic mass is 10.2. The van der Waals surface area contributed by atoms with Gasteiger partial charge in [-0.1, -0.05) is 20.8 Å². The lowest BCUT2D eigenvalue weighted by Gasteiger charge is -2.37. The summed E-state index contributed by atoms with van der Waals surface area (Å²) >= 11 is 0. The van der Waals surface area contributed by atoms with Crippen LogP contribution < -0.4 is 0 Å². The minimum atomic E-state index is -1.79. The molecule has 0 aromatic rings. The van der Waals surface area contributed by atoms with Crippen LogP contribution in [0.15, 0.2) is 0 Å². The van der Waals surface area contributed by atoms with Crippen LogP contribution in [0.4, 0.5) is 4.79 Å². The van der Waals surface area contributed by atoms with E-state index in [4.69, 9.17) is 9.16 Å². The summed E-state index contributed by atoms with van der Waals surface area (Å²) in [7, 11) is -1.79. The van der Waals surface area contributed by atoms with Gasteiger partial charge in [-0.05, 0) is 77.8 Å². The average molecular weight is 387 g/mol. The fourth-order valence-corrected chi connectivity index (χ4v) is 3.77. The zero-order chi connectivity index (χ0) is 20.0. The third-order valence-corrected chi connectivity index (χ3v) is 9.92. The summed E-state index contributed by atoms with van der Waals surface area (Å²) in [6.07, 6.45) is 3.36. The van der Waals surface area contributed by atoms with E-state index in [0.29, 0.717) is 13.2 Å². The van der Waals surface area contributed by atoms with Crippen molar-refractivity contribution in [2.75, 3.05) is 39.3 Å². The number of likely N-dealkylation sites (tertiary alicyclic amines) is 1. The molecule has 5 nitrogen and oxygen atoms in total. The van der Waals surface area contributed by atoms with Crippen LogP contribution >= 0.6 is 0 Å². The molecule has 0 unspecified atom stereocenters. The van der Waals surface area contributed by atoms with Crippen molar-refractivity contribution in [3.63, 3.8) is 0 Å². The second-order valence-corrected chi connectivity index (χ2v) is 14.8. The third kappa shape index (κ3) is 8.40. The lowest BCUT2D eigenvalue weighted by Crippen LogP contribution is -2.45. The molecule has 0 bridgehead atoms. The Morgan fingerprint density at radius 1 is 1.04 bits per heavy atom. The van der Waals surface area contributed by atoms with E-state index in [2.05, 4.69) is 38.8 Å². The predicted molar refractivity (Wildman–Crippen MR) is 111 cm³/mol. The van der Waals surface area contributed by atoms with Crippen molar-refractivity contribution in [2.24, 2.45) is 0 Å². The van der Waals surface area contributed by atoms with E-state index in [1.807, 2.05) is 25.7 Å². The van der Waals surface area contributed by atoms with Crippen molar-refractivity contribution in [1.82, 2.24) is 9.80 Å². The van der Waals surface area contributed by atoms with Crippen LogP contribution in [0, 0.1) is 0 Å². The standard InChI is InChI=1S/C20H42N2O3Si/c1-19(2,3)25-18(23)22(15-11-14-21-12-9-10-13-21)16-17-24-26(7,8)20(4,5)6/h9-17H2,1-8H3. The van der Waals surface area contributed by atoms with E-state index in [0.717, 1.165) is 19.5 Å². The summed E-state index contributed by atoms with van der Waals surface area (Å²) in [5.74, 6) is 0. The fraction of sp³-hybridized carbons (Fsp3) is 0.950. The van der Waals surface area contributed by atoms with Crippen LogP contribution in [-0.4, -0.2) is 69.1 Å². The Balaban J connectivity index is 2.54. The molecule has 0 radical (unpaired) electrons. The van der Waals surface area contributed by atoms with Gasteiger partial charge in [-0.2, -0.15) is 0 Å². The number of nitrogens with zero attached hydrogens (tertiary/aromatic N) is 2. The number of hydrogen-bond donors (Lipinski definition) is 0. The normalized spacial score (nSPS) is 16.8. The first-order chi connectivity index (χ1) is 11.8. The first-order valence-corrected chi connectivity index (χ1v) is 13.1. The molecular weight excluding hydrogens is 344 g/mol. The molecule has 1 aliphatic heterocycles. The molecule has 0 spiro atoms. The van der Waals surface area contributed by atoms with Crippen molar-refractivity contribution < 1.29 is 14.0 Å². The molecule has 6 heteroatoms. The van der Waals surface area contributed by atoms with Gasteiger partial charge in [-0.3, -0.25) is 0 Å². The monoisotopic (exact) mass is 386 g/mol. The predicted octanol–water partition coefficient (Wildman–Crippen LogP) is 4.73. The maximum atomic E-state index is 12.6. The second kappa shape index (κ2) is 9.56. The van der Waals surface area contributed by atoms with Crippen molar-refractivity contribution in [3.05, 3.63) is 0 Å². The van der Waals surface area contributed by atoms with Gasteiger partial charge in [0.1, 0.15) is 5.60 Å². The molecule has 0 atom stereocenters. The van der Waals surface area contributed by atoms with E-state index in [1.165, 1.54) is 25.9 Å². The fourth-order valence-electron chi connectivity index (χ4n) is 2.74. The quantitative estimate of drug-likeness (QED) is 0.566. The zero-order valence-corrected chi connectivity index (χ0v) is 19.5. The number of rotatable bonds is 8. The van der Waals surface area contributed by atoms with Gasteiger partial charge >= 0.3 is 6.09 Å². The highest BCUT2D eigenvalue weighted by Gasteiger charge is 2.37. The Morgan fingerprint density at radius 3 is 2.12 bits per heavy atom. The van der Waals surface area contributed by atoms with E-state index < -0.39 is 13.9 Å². The molecular formula is C20H42N2O3Si. The highest BCUT2D eigenvalue weighted by Crippen LogP contribution is 2.36. The number of carbonyl (C=O) groups is 1. The number of carbonyl (C=O) groups excluding carboxylic acids is 1. The van der Waals surface area contributed by atoms with E-state index in [1.54, 1.807) is 0 Å². The summed E-state index contributed by atoms with van der Waals surface area (Å²) < 4.78 is 11.9. The van der Waals surface area contributed by atoms with Gasteiger partial charge in [0.05, 0.1) is 6.61 Å². The Bertz CT molecular complexity index is 435. The maximum absolute atomic E-state index is 12.6. The Morgan fingerprint density at radius 2 is 1.62 bits per heavy atom. The minimum absolute atomic E-state index is 0.180. The molecule has 26 heavy (non-hydrogen) atoms. The average Bonchev–Trinajstić information content (AvgIpc) is 2.95. The van der Waals surface area contributed by atoms with Gasteiger partial charge in [0, 0.05) is 13.1 Å². The van der Waals surface area contributed by atoms with Crippen molar-refractivity contribution in [1.29, 1.82) is 0 Å². The Labute approximate surface area is 162 Å². The molecule has 0 aromatic carbocycles. The maximum Gasteiger partial charge on any atom is 0.410 e. The van der Waals surface area contributed by atoms with Crippen molar-refractivity contribution >= 4 is 14.4 Å². The van der Waals surface area contributed by atoms with E-state index in [-0.39, 0.29) is 11.1 Å². The minimum Gasteiger partial charge on any atom is -0.444 e. The van der Waals surface area contributed by atoms with Crippen molar-refractivity contribution in [3.8, 4) is 0 Å². The van der Waals surface area contributed by atoms with E-state index >= 15 is 0 Å². The van der Waals surface area contributed by atoms with Gasteiger partial charge in [0.2, 0.25) is 0 Å². The molecule has 1 aliphatic rings. The smallest absolute Gasteiger partial charge is 0.410 e. The summed E-state index contributed by atoms with van der Waals surface area (Å²) in [6, 6.07) is 0. The SMILES string of the molecule is CC(C)(C)OC(=O)N(CCCN1CCCC1)CCO[Si](C)(C)C(C)(C)C. The largest absolute Gasteiger partial charge is 0.444 e. The number of hydrogen-bond acceptors (Lipinski definition) is 4. The van der Waals surface area contributed by atoms with Gasteiger partial charge in [0.25, 0.3) is 0 Å². The summed E-state index contributed by atoms with van der Waals surface area (Å²) in [5, 5.41) is 0.180. The van der Waals surface area contributed by atoms with Crippen LogP contribution in [0.3, 0.4) is 0 Å². The van der Waals surface area contributed by atoms with Crippen LogP contribution in [0.25, 0.3) is 0 Å². The molecule has 154 valence electrons. The third-order valence-electron chi connectivity index (χ3n) is 5.38. The molecule has 0 saturated carbocycles. The molecule has 1 rings (SSSR count). The zero-order valence-electron chi connectivity index (χ0n) is 18.5. The summed E-state index contributed by atoms with van der Waals surface area (Å²) in [4.78, 5) is 16.9. The van der Waals surface area contributed by atoms with Crippen LogP contribution in [-0.2, 0) is 9.16 Å². The first-order valence-electron chi connectivity index (χ1n) is 10.2. The highest BCUT2D eigenvalue weighted by atomic mass is 28.4. The van der Waals surface area contributed by atoms with Crippen LogP contribution in [0.1, 0.15) is 60.8 Å².